The zero-order valence-corrected chi connectivity index (χ0v) is 10.4. The van der Waals surface area contributed by atoms with E-state index in [1.165, 1.54) is 21.5 Å². The van der Waals surface area contributed by atoms with Crippen molar-refractivity contribution in [2.24, 2.45) is 0 Å². The van der Waals surface area contributed by atoms with Crippen molar-refractivity contribution < 1.29 is 4.21 Å². The van der Waals surface area contributed by atoms with Crippen molar-refractivity contribution in [2.75, 3.05) is 0 Å². The predicted molar refractivity (Wildman–Crippen MR) is 76.9 cm³/mol. The maximum Gasteiger partial charge on any atom is 0.0782 e. The SMILES string of the molecule is O=S1C=Cc2c1ccc1ccc3ccccc3c21. The molecule has 0 bridgehead atoms. The predicted octanol–water partition coefficient (Wildman–Crippen LogP) is 4.08. The Morgan fingerprint density at radius 1 is 0.833 bits per heavy atom. The first-order chi connectivity index (χ1) is 8.84. The van der Waals surface area contributed by atoms with Crippen LogP contribution in [0.15, 0.2) is 58.8 Å². The van der Waals surface area contributed by atoms with E-state index in [1.807, 2.05) is 18.2 Å². The topological polar surface area (TPSA) is 17.1 Å². The Hall–Kier alpha value is -1.93. The largest absolute Gasteiger partial charge is 0.250 e. The minimum atomic E-state index is -0.977. The van der Waals surface area contributed by atoms with Crippen molar-refractivity contribution in [3.63, 3.8) is 0 Å². The average molecular weight is 250 g/mol. The Kier molecular flexibility index (Phi) is 1.97. The molecule has 1 unspecified atom stereocenters. The number of hydrogen-bond donors (Lipinski definition) is 0. The van der Waals surface area contributed by atoms with Gasteiger partial charge in [-0.1, -0.05) is 42.5 Å². The summed E-state index contributed by atoms with van der Waals surface area (Å²) in [4.78, 5) is 0.929. The summed E-state index contributed by atoms with van der Waals surface area (Å²) in [6, 6.07) is 16.7. The lowest BCUT2D eigenvalue weighted by molar-refractivity contribution is 0.689. The van der Waals surface area contributed by atoms with E-state index in [4.69, 9.17) is 0 Å². The molecule has 1 heterocycles. The molecule has 0 radical (unpaired) electrons. The molecule has 0 saturated carbocycles. The first-order valence-corrected chi connectivity index (χ1v) is 7.09. The van der Waals surface area contributed by atoms with Gasteiger partial charge in [0.25, 0.3) is 0 Å². The van der Waals surface area contributed by atoms with E-state index in [1.54, 1.807) is 5.41 Å². The molecule has 1 atom stereocenters. The summed E-state index contributed by atoms with van der Waals surface area (Å²) in [6.07, 6.45) is 1.99. The second-order valence-electron chi connectivity index (χ2n) is 4.46. The highest BCUT2D eigenvalue weighted by Crippen LogP contribution is 2.35. The van der Waals surface area contributed by atoms with Gasteiger partial charge in [-0.3, -0.25) is 0 Å². The van der Waals surface area contributed by atoms with Gasteiger partial charge in [-0.15, -0.1) is 0 Å². The average Bonchev–Trinajstić information content (AvgIpc) is 2.80. The van der Waals surface area contributed by atoms with Crippen LogP contribution >= 0.6 is 0 Å². The van der Waals surface area contributed by atoms with Crippen LogP contribution in [0.5, 0.6) is 0 Å². The lowest BCUT2D eigenvalue weighted by Crippen LogP contribution is -1.87. The van der Waals surface area contributed by atoms with E-state index in [-0.39, 0.29) is 0 Å². The van der Waals surface area contributed by atoms with E-state index in [2.05, 4.69) is 36.4 Å². The minimum absolute atomic E-state index is 0.929. The summed E-state index contributed by atoms with van der Waals surface area (Å²) in [5, 5.41) is 6.65. The third-order valence-corrected chi connectivity index (χ3v) is 4.66. The van der Waals surface area contributed by atoms with Crippen molar-refractivity contribution in [1.29, 1.82) is 0 Å². The van der Waals surface area contributed by atoms with Gasteiger partial charge >= 0.3 is 0 Å². The van der Waals surface area contributed by atoms with Gasteiger partial charge in [-0.25, -0.2) is 4.21 Å². The van der Waals surface area contributed by atoms with Gasteiger partial charge in [0.15, 0.2) is 0 Å². The molecule has 0 spiro atoms. The quantitative estimate of drug-likeness (QED) is 0.549. The molecule has 1 aliphatic rings. The molecular formula is C16H10OS. The van der Waals surface area contributed by atoms with Crippen LogP contribution in [0.1, 0.15) is 5.56 Å². The molecule has 0 N–H and O–H groups in total. The van der Waals surface area contributed by atoms with Crippen LogP contribution in [-0.2, 0) is 10.8 Å². The number of benzene rings is 3. The summed E-state index contributed by atoms with van der Waals surface area (Å²) in [5.41, 5.74) is 1.11. The molecule has 0 saturated heterocycles. The van der Waals surface area contributed by atoms with Crippen molar-refractivity contribution in [3.8, 4) is 0 Å². The Morgan fingerprint density at radius 2 is 1.61 bits per heavy atom. The molecule has 18 heavy (non-hydrogen) atoms. The van der Waals surface area contributed by atoms with Gasteiger partial charge in [-0.05, 0) is 39.3 Å². The lowest BCUT2D eigenvalue weighted by atomic mass is 9.98. The van der Waals surface area contributed by atoms with Crippen molar-refractivity contribution in [1.82, 2.24) is 0 Å². The highest BCUT2D eigenvalue weighted by molar-refractivity contribution is 7.88. The van der Waals surface area contributed by atoms with Gasteiger partial charge in [0.05, 0.1) is 15.7 Å². The van der Waals surface area contributed by atoms with E-state index in [9.17, 15) is 4.21 Å². The van der Waals surface area contributed by atoms with Crippen LogP contribution in [0.2, 0.25) is 0 Å². The normalized spacial score (nSPS) is 17.4. The molecule has 86 valence electrons. The smallest absolute Gasteiger partial charge is 0.0782 e. The maximum atomic E-state index is 11.9. The van der Waals surface area contributed by atoms with Crippen LogP contribution in [-0.4, -0.2) is 4.21 Å². The van der Waals surface area contributed by atoms with Gasteiger partial charge in [-0.2, -0.15) is 0 Å². The van der Waals surface area contributed by atoms with E-state index < -0.39 is 10.8 Å². The summed E-state index contributed by atoms with van der Waals surface area (Å²) in [7, 11) is -0.977. The van der Waals surface area contributed by atoms with Gasteiger partial charge < -0.3 is 0 Å². The van der Waals surface area contributed by atoms with Crippen LogP contribution in [0.3, 0.4) is 0 Å². The Morgan fingerprint density at radius 3 is 2.56 bits per heavy atom. The molecule has 2 heteroatoms. The third kappa shape index (κ3) is 1.24. The molecule has 3 aromatic carbocycles. The van der Waals surface area contributed by atoms with E-state index >= 15 is 0 Å². The molecule has 0 aliphatic carbocycles. The minimum Gasteiger partial charge on any atom is -0.250 e. The van der Waals surface area contributed by atoms with Crippen LogP contribution in [0, 0.1) is 0 Å². The van der Waals surface area contributed by atoms with Crippen molar-refractivity contribution in [3.05, 3.63) is 59.5 Å². The fourth-order valence-corrected chi connectivity index (χ4v) is 3.65. The highest BCUT2D eigenvalue weighted by atomic mass is 32.2. The van der Waals surface area contributed by atoms with Gasteiger partial charge in [0, 0.05) is 5.41 Å². The number of rotatable bonds is 0. The first kappa shape index (κ1) is 10.0. The number of fused-ring (bicyclic) bond motifs is 5. The van der Waals surface area contributed by atoms with E-state index in [0.29, 0.717) is 0 Å². The van der Waals surface area contributed by atoms with Crippen molar-refractivity contribution in [2.45, 2.75) is 4.90 Å². The second kappa shape index (κ2) is 3.53. The lowest BCUT2D eigenvalue weighted by Gasteiger charge is -2.08. The van der Waals surface area contributed by atoms with Crippen LogP contribution < -0.4 is 0 Å². The zero-order chi connectivity index (χ0) is 12.1. The first-order valence-electron chi connectivity index (χ1n) is 5.88. The summed E-state index contributed by atoms with van der Waals surface area (Å²) >= 11 is 0. The Labute approximate surface area is 107 Å². The Bertz CT molecular complexity index is 846. The molecule has 0 amide bonds. The van der Waals surface area contributed by atoms with Crippen LogP contribution in [0.4, 0.5) is 0 Å². The second-order valence-corrected chi connectivity index (χ2v) is 5.77. The Balaban J connectivity index is 2.30. The van der Waals surface area contributed by atoms with Gasteiger partial charge in [0.2, 0.25) is 0 Å². The molecule has 0 fully saturated rings. The standard InChI is InChI=1S/C16H10OS/c17-18-10-9-14-15(18)8-7-12-6-5-11-3-1-2-4-13(11)16(12)14/h1-10H. The molecule has 1 aliphatic heterocycles. The van der Waals surface area contributed by atoms with E-state index in [0.717, 1.165) is 10.5 Å². The molecule has 1 nitrogen and oxygen atoms in total. The molecular weight excluding hydrogens is 240 g/mol. The summed E-state index contributed by atoms with van der Waals surface area (Å²) in [5.74, 6) is 0. The monoisotopic (exact) mass is 250 g/mol. The molecule has 4 rings (SSSR count). The zero-order valence-electron chi connectivity index (χ0n) is 9.59. The number of hydrogen-bond acceptors (Lipinski definition) is 1. The van der Waals surface area contributed by atoms with Gasteiger partial charge in [0.1, 0.15) is 0 Å². The summed E-state index contributed by atoms with van der Waals surface area (Å²) < 4.78 is 11.9. The highest BCUT2D eigenvalue weighted by Gasteiger charge is 2.16. The summed E-state index contributed by atoms with van der Waals surface area (Å²) in [6.45, 7) is 0. The third-order valence-electron chi connectivity index (χ3n) is 3.49. The van der Waals surface area contributed by atoms with Crippen LogP contribution in [0.25, 0.3) is 27.6 Å². The molecule has 3 aromatic rings. The fourth-order valence-electron chi connectivity index (χ4n) is 2.65. The van der Waals surface area contributed by atoms with Crippen molar-refractivity contribution >= 4 is 38.4 Å². The fraction of sp³-hybridized carbons (Fsp3) is 0. The molecule has 0 aromatic heterocycles. The maximum absolute atomic E-state index is 11.9.